The van der Waals surface area contributed by atoms with Crippen LogP contribution in [-0.4, -0.2) is 18.2 Å². The molecule has 0 amide bonds. The molecule has 1 N–H and O–H groups in total. The van der Waals surface area contributed by atoms with Crippen LogP contribution in [0.2, 0.25) is 0 Å². The summed E-state index contributed by atoms with van der Waals surface area (Å²) in [7, 11) is 1.66. The third-order valence-electron chi connectivity index (χ3n) is 4.80. The summed E-state index contributed by atoms with van der Waals surface area (Å²) in [6, 6.07) is 7.97. The highest BCUT2D eigenvalue weighted by atomic mass is 16.5. The van der Waals surface area contributed by atoms with E-state index in [0.717, 1.165) is 24.2 Å². The van der Waals surface area contributed by atoms with Gasteiger partial charge in [-0.1, -0.05) is 89.0 Å². The number of ether oxygens (including phenoxy) is 1. The minimum absolute atomic E-state index is 0.832. The van der Waals surface area contributed by atoms with Gasteiger partial charge < -0.3 is 9.84 Å². The van der Waals surface area contributed by atoms with Crippen molar-refractivity contribution in [2.24, 2.45) is 0 Å². The first-order valence-corrected chi connectivity index (χ1v) is 10.4. The summed E-state index contributed by atoms with van der Waals surface area (Å²) in [5.41, 5.74) is 2.30. The van der Waals surface area contributed by atoms with E-state index in [-0.39, 0.29) is 0 Å². The number of hydrogen-bond acceptors (Lipinski definition) is 2. The van der Waals surface area contributed by atoms with Crippen LogP contribution in [0.4, 0.5) is 0 Å². The maximum Gasteiger partial charge on any atom is 0.328 e. The van der Waals surface area contributed by atoms with Crippen LogP contribution in [0.3, 0.4) is 0 Å². The van der Waals surface area contributed by atoms with E-state index in [9.17, 15) is 4.79 Å². The number of carboxylic acids is 1. The van der Waals surface area contributed by atoms with Crippen LogP contribution in [-0.2, 0) is 4.79 Å². The largest absolute Gasteiger partial charge is 0.497 e. The van der Waals surface area contributed by atoms with E-state index < -0.39 is 5.97 Å². The molecule has 0 saturated heterocycles. The van der Waals surface area contributed by atoms with E-state index in [1.54, 1.807) is 13.2 Å². The first-order valence-electron chi connectivity index (χ1n) is 10.4. The van der Waals surface area contributed by atoms with Gasteiger partial charge in [0, 0.05) is 6.08 Å². The normalized spacial score (nSPS) is 11.9. The smallest absolute Gasteiger partial charge is 0.328 e. The fourth-order valence-electron chi connectivity index (χ4n) is 3.18. The van der Waals surface area contributed by atoms with E-state index in [1.807, 2.05) is 30.3 Å². The molecule has 1 aromatic carbocycles. The lowest BCUT2D eigenvalue weighted by atomic mass is 9.98. The second-order valence-electron chi connectivity index (χ2n) is 7.05. The van der Waals surface area contributed by atoms with E-state index in [0.29, 0.717) is 0 Å². The number of rotatable bonds is 15. The summed E-state index contributed by atoms with van der Waals surface area (Å²) in [5.74, 6) is -0.0858. The monoisotopic (exact) mass is 372 g/mol. The second kappa shape index (κ2) is 15.1. The van der Waals surface area contributed by atoms with Gasteiger partial charge in [-0.25, -0.2) is 4.79 Å². The molecule has 0 bridgehead atoms. The molecule has 27 heavy (non-hydrogen) atoms. The van der Waals surface area contributed by atoms with Crippen LogP contribution < -0.4 is 4.74 Å². The molecule has 0 radical (unpaired) electrons. The summed E-state index contributed by atoms with van der Waals surface area (Å²) in [5, 5.41) is 8.80. The van der Waals surface area contributed by atoms with Crippen LogP contribution in [0.15, 0.2) is 42.5 Å². The van der Waals surface area contributed by atoms with Gasteiger partial charge in [0.25, 0.3) is 0 Å². The standard InChI is InChI=1S/C24H36O3/c1-3-4-5-6-7-8-9-10-11-12-14-21(15-13-16-24(25)26)22-17-19-23(27-2)20-18-22/h13,15-20H,3-12,14H2,1-2H3,(H,25,26)/b16-13+,21-15-. The molecule has 150 valence electrons. The SMILES string of the molecule is CCCCCCCCCCCC/C(=C/C=C/C(=O)O)c1ccc(OC)cc1. The lowest BCUT2D eigenvalue weighted by Gasteiger charge is -2.09. The Kier molecular flexibility index (Phi) is 12.8. The molecule has 0 aromatic heterocycles. The Hall–Kier alpha value is -2.03. The van der Waals surface area contributed by atoms with E-state index >= 15 is 0 Å². The Morgan fingerprint density at radius 1 is 0.926 bits per heavy atom. The first kappa shape index (κ1) is 23.0. The minimum Gasteiger partial charge on any atom is -0.497 e. The second-order valence-corrected chi connectivity index (χ2v) is 7.05. The highest BCUT2D eigenvalue weighted by Gasteiger charge is 2.02. The van der Waals surface area contributed by atoms with Gasteiger partial charge in [0.05, 0.1) is 7.11 Å². The Bertz CT molecular complexity index is 570. The van der Waals surface area contributed by atoms with Crippen molar-refractivity contribution < 1.29 is 14.6 Å². The molecule has 0 aliphatic rings. The summed E-state index contributed by atoms with van der Waals surface area (Å²) in [4.78, 5) is 10.7. The van der Waals surface area contributed by atoms with Gasteiger partial charge >= 0.3 is 5.97 Å². The molecule has 0 heterocycles. The molecule has 1 aromatic rings. The van der Waals surface area contributed by atoms with Gasteiger partial charge in [0.15, 0.2) is 0 Å². The molecule has 1 rings (SSSR count). The molecule has 0 spiro atoms. The van der Waals surface area contributed by atoms with Gasteiger partial charge in [-0.2, -0.15) is 0 Å². The van der Waals surface area contributed by atoms with Crippen LogP contribution in [0.1, 0.15) is 83.1 Å². The minimum atomic E-state index is -0.917. The topological polar surface area (TPSA) is 46.5 Å². The fourth-order valence-corrected chi connectivity index (χ4v) is 3.18. The molecule has 0 aliphatic carbocycles. The predicted octanol–water partition coefficient (Wildman–Crippen LogP) is 7.03. The van der Waals surface area contributed by atoms with Gasteiger partial charge in [0.1, 0.15) is 5.75 Å². The van der Waals surface area contributed by atoms with Crippen molar-refractivity contribution in [1.82, 2.24) is 0 Å². The molecule has 0 atom stereocenters. The molecular weight excluding hydrogens is 336 g/mol. The number of allylic oxidation sites excluding steroid dienone is 3. The zero-order valence-corrected chi connectivity index (χ0v) is 17.1. The third kappa shape index (κ3) is 11.3. The summed E-state index contributed by atoms with van der Waals surface area (Å²) >= 11 is 0. The number of aliphatic carboxylic acids is 1. The highest BCUT2D eigenvalue weighted by molar-refractivity contribution is 5.81. The van der Waals surface area contributed by atoms with Crippen molar-refractivity contribution in [1.29, 1.82) is 0 Å². The maximum atomic E-state index is 10.7. The van der Waals surface area contributed by atoms with Gasteiger partial charge in [-0.15, -0.1) is 0 Å². The quantitative estimate of drug-likeness (QED) is 0.204. The summed E-state index contributed by atoms with van der Waals surface area (Å²) in [6.45, 7) is 2.26. The molecule has 3 nitrogen and oxygen atoms in total. The number of methoxy groups -OCH3 is 1. The Morgan fingerprint density at radius 3 is 2.00 bits per heavy atom. The van der Waals surface area contributed by atoms with E-state index in [2.05, 4.69) is 6.92 Å². The first-order chi connectivity index (χ1) is 13.2. The average molecular weight is 373 g/mol. The van der Waals surface area contributed by atoms with Crippen LogP contribution in [0, 0.1) is 0 Å². The molecule has 0 fully saturated rings. The van der Waals surface area contributed by atoms with Crippen molar-refractivity contribution in [2.45, 2.75) is 77.6 Å². The van der Waals surface area contributed by atoms with Crippen LogP contribution in [0.5, 0.6) is 5.75 Å². The van der Waals surface area contributed by atoms with Gasteiger partial charge in [-0.3, -0.25) is 0 Å². The Morgan fingerprint density at radius 2 is 1.48 bits per heavy atom. The molecular formula is C24H36O3. The van der Waals surface area contributed by atoms with Crippen molar-refractivity contribution in [2.75, 3.05) is 7.11 Å². The van der Waals surface area contributed by atoms with Crippen molar-refractivity contribution >= 4 is 11.5 Å². The van der Waals surface area contributed by atoms with Crippen LogP contribution in [0.25, 0.3) is 5.57 Å². The van der Waals surface area contributed by atoms with E-state index in [4.69, 9.17) is 9.84 Å². The highest BCUT2D eigenvalue weighted by Crippen LogP contribution is 2.24. The number of carbonyl (C=O) groups is 1. The van der Waals surface area contributed by atoms with Gasteiger partial charge in [0.2, 0.25) is 0 Å². The van der Waals surface area contributed by atoms with E-state index in [1.165, 1.54) is 69.4 Å². The Balaban J connectivity index is 2.40. The lowest BCUT2D eigenvalue weighted by Crippen LogP contribution is -1.89. The number of carboxylic acid groups (broad SMARTS) is 1. The fraction of sp³-hybridized carbons (Fsp3) is 0.542. The number of unbranched alkanes of at least 4 members (excludes halogenated alkanes) is 9. The number of hydrogen-bond donors (Lipinski definition) is 1. The average Bonchev–Trinajstić information content (AvgIpc) is 2.68. The zero-order chi connectivity index (χ0) is 19.7. The van der Waals surface area contributed by atoms with Crippen molar-refractivity contribution in [3.8, 4) is 5.75 Å². The zero-order valence-electron chi connectivity index (χ0n) is 17.1. The molecule has 0 unspecified atom stereocenters. The Labute approximate surface area is 165 Å². The molecule has 3 heteroatoms. The predicted molar refractivity (Wildman–Crippen MR) is 114 cm³/mol. The van der Waals surface area contributed by atoms with Gasteiger partial charge in [-0.05, 0) is 36.1 Å². The maximum absolute atomic E-state index is 10.7. The van der Waals surface area contributed by atoms with Crippen molar-refractivity contribution in [3.05, 3.63) is 48.1 Å². The third-order valence-corrected chi connectivity index (χ3v) is 4.80. The molecule has 0 saturated carbocycles. The number of benzene rings is 1. The van der Waals surface area contributed by atoms with Crippen LogP contribution >= 0.6 is 0 Å². The lowest BCUT2D eigenvalue weighted by molar-refractivity contribution is -0.131. The summed E-state index contributed by atoms with van der Waals surface area (Å²) < 4.78 is 5.22. The van der Waals surface area contributed by atoms with Crippen molar-refractivity contribution in [3.63, 3.8) is 0 Å². The molecule has 0 aliphatic heterocycles. The summed E-state index contributed by atoms with van der Waals surface area (Å²) in [6.07, 6.45) is 18.8.